The molecule has 3 nitrogen and oxygen atoms in total. The molecule has 0 aliphatic carbocycles. The molecule has 0 atom stereocenters. The van der Waals surface area contributed by atoms with Gasteiger partial charge in [0.2, 0.25) is 0 Å². The second kappa shape index (κ2) is 25.1. The topological polar surface area (TPSA) is 55.3 Å². The first-order chi connectivity index (χ1) is 8.10. The van der Waals surface area contributed by atoms with Crippen LogP contribution in [0.3, 0.4) is 0 Å². The lowest BCUT2D eigenvalue weighted by Crippen LogP contribution is -2.14. The molecular formula is C13H37N3Si. The maximum atomic E-state index is 5.14. The summed E-state index contributed by atoms with van der Waals surface area (Å²) < 4.78 is 2.35. The van der Waals surface area contributed by atoms with Crippen molar-refractivity contribution in [3.8, 4) is 0 Å². The van der Waals surface area contributed by atoms with E-state index >= 15 is 0 Å². The summed E-state index contributed by atoms with van der Waals surface area (Å²) in [6.07, 6.45) is 7.46. The third-order valence-electron chi connectivity index (χ3n) is 2.07. The van der Waals surface area contributed by atoms with Crippen LogP contribution in [-0.2, 0) is 0 Å². The fourth-order valence-corrected chi connectivity index (χ4v) is 1.20. The Labute approximate surface area is 113 Å². The molecule has 0 aliphatic heterocycles. The van der Waals surface area contributed by atoms with E-state index in [1.165, 1.54) is 55.5 Å². The lowest BCUT2D eigenvalue weighted by molar-refractivity contribution is 0.520. The second-order valence-electron chi connectivity index (χ2n) is 4.44. The molecule has 0 aromatic carbocycles. The van der Waals surface area contributed by atoms with Gasteiger partial charge in [-0.15, -0.1) is 0 Å². The molecule has 0 aromatic heterocycles. The van der Waals surface area contributed by atoms with E-state index < -0.39 is 0 Å². The summed E-state index contributed by atoms with van der Waals surface area (Å²) in [5, 5.41) is 0. The summed E-state index contributed by atoms with van der Waals surface area (Å²) >= 11 is 0. The smallest absolute Gasteiger partial charge is 0.0781 e. The van der Waals surface area contributed by atoms with Gasteiger partial charge in [0, 0.05) is 0 Å². The van der Waals surface area contributed by atoms with Gasteiger partial charge in [-0.1, -0.05) is 40.0 Å². The summed E-state index contributed by atoms with van der Waals surface area (Å²) in [6, 6.07) is 0. The lowest BCUT2D eigenvalue weighted by atomic mass is 10.3. The summed E-state index contributed by atoms with van der Waals surface area (Å²) in [6.45, 7) is 9.47. The molecule has 0 heterocycles. The van der Waals surface area contributed by atoms with Crippen molar-refractivity contribution in [1.82, 2.24) is 4.57 Å². The fourth-order valence-electron chi connectivity index (χ4n) is 0.883. The Hall–Kier alpha value is 0.0969. The van der Waals surface area contributed by atoms with Crippen molar-refractivity contribution >= 4 is 10.4 Å². The highest BCUT2D eigenvalue weighted by atomic mass is 28.2. The number of hydrogen-bond donors (Lipinski definition) is 2. The molecule has 4 N–H and O–H groups in total. The van der Waals surface area contributed by atoms with Gasteiger partial charge >= 0.3 is 0 Å². The largest absolute Gasteiger partial charge is 0.335 e. The standard InChI is InChI=1S/C5H15NSi.2C4H11N/c1-3-4-5-6(2)7;2*1-2-3-4-5/h3-5H2,1-2,7H3;2*2-5H2,1H3. The normalized spacial score (nSPS) is 9.35. The van der Waals surface area contributed by atoms with Gasteiger partial charge in [-0.3, -0.25) is 0 Å². The molecule has 108 valence electrons. The van der Waals surface area contributed by atoms with E-state index in [1.54, 1.807) is 0 Å². The zero-order valence-corrected chi connectivity index (χ0v) is 15.0. The van der Waals surface area contributed by atoms with Crippen LogP contribution in [-0.4, -0.2) is 41.7 Å². The molecule has 0 saturated heterocycles. The first kappa shape index (κ1) is 22.3. The van der Waals surface area contributed by atoms with Crippen molar-refractivity contribution in [2.45, 2.75) is 59.3 Å². The highest BCUT2D eigenvalue weighted by Crippen LogP contribution is 1.85. The number of nitrogens with two attached hydrogens (primary N) is 2. The van der Waals surface area contributed by atoms with Crippen molar-refractivity contribution in [3.05, 3.63) is 0 Å². The Morgan fingerprint density at radius 1 is 0.824 bits per heavy atom. The minimum Gasteiger partial charge on any atom is -0.335 e. The third kappa shape index (κ3) is 48.8. The third-order valence-corrected chi connectivity index (χ3v) is 2.52. The minimum absolute atomic E-state index is 0.844. The molecule has 0 radical (unpaired) electrons. The van der Waals surface area contributed by atoms with E-state index in [0.29, 0.717) is 0 Å². The monoisotopic (exact) mass is 263 g/mol. The Morgan fingerprint density at radius 2 is 1.18 bits per heavy atom. The molecule has 0 spiro atoms. The Balaban J connectivity index is -0.000000177. The SMILES string of the molecule is CCCCN.CCCCN.CCCCN(C)[SiH3]. The first-order valence-electron chi connectivity index (χ1n) is 7.15. The van der Waals surface area contributed by atoms with Crippen molar-refractivity contribution in [2.75, 3.05) is 26.7 Å². The predicted octanol–water partition coefficient (Wildman–Crippen LogP) is 1.49. The molecule has 0 aromatic rings. The van der Waals surface area contributed by atoms with E-state index in [4.69, 9.17) is 11.5 Å². The Morgan fingerprint density at radius 3 is 1.24 bits per heavy atom. The molecule has 0 rings (SSSR count). The van der Waals surface area contributed by atoms with Gasteiger partial charge in [-0.05, 0) is 45.9 Å². The van der Waals surface area contributed by atoms with Gasteiger partial charge in [0.1, 0.15) is 0 Å². The van der Waals surface area contributed by atoms with Crippen LogP contribution >= 0.6 is 0 Å². The van der Waals surface area contributed by atoms with E-state index in [-0.39, 0.29) is 0 Å². The molecule has 0 bridgehead atoms. The van der Waals surface area contributed by atoms with Crippen LogP contribution in [0.15, 0.2) is 0 Å². The lowest BCUT2D eigenvalue weighted by Gasteiger charge is -2.06. The van der Waals surface area contributed by atoms with Gasteiger partial charge in [0.15, 0.2) is 0 Å². The average molecular weight is 264 g/mol. The highest BCUT2D eigenvalue weighted by Gasteiger charge is 1.83. The zero-order chi connectivity index (χ0) is 13.9. The summed E-state index contributed by atoms with van der Waals surface area (Å²) in [5.41, 5.74) is 10.3. The van der Waals surface area contributed by atoms with Crippen LogP contribution < -0.4 is 11.5 Å². The van der Waals surface area contributed by atoms with Gasteiger partial charge in [0.05, 0.1) is 10.4 Å². The van der Waals surface area contributed by atoms with E-state index in [9.17, 15) is 0 Å². The number of unbranched alkanes of at least 4 members (excludes halogenated alkanes) is 3. The Kier molecular flexibility index (Phi) is 32.9. The van der Waals surface area contributed by atoms with Gasteiger partial charge in [0.25, 0.3) is 0 Å². The minimum atomic E-state index is 0.844. The second-order valence-corrected chi connectivity index (χ2v) is 5.97. The quantitative estimate of drug-likeness (QED) is 0.684. The van der Waals surface area contributed by atoms with Gasteiger partial charge in [-0.2, -0.15) is 0 Å². The number of hydrogen-bond acceptors (Lipinski definition) is 3. The van der Waals surface area contributed by atoms with Crippen LogP contribution in [0.1, 0.15) is 59.3 Å². The van der Waals surface area contributed by atoms with Crippen LogP contribution in [0.25, 0.3) is 0 Å². The molecule has 17 heavy (non-hydrogen) atoms. The van der Waals surface area contributed by atoms with Gasteiger partial charge in [-0.25, -0.2) is 0 Å². The molecule has 0 fully saturated rings. The van der Waals surface area contributed by atoms with Crippen LogP contribution in [0.5, 0.6) is 0 Å². The van der Waals surface area contributed by atoms with Crippen molar-refractivity contribution in [2.24, 2.45) is 11.5 Å². The maximum absolute atomic E-state index is 5.14. The fraction of sp³-hybridized carbons (Fsp3) is 1.00. The Bertz CT molecular complexity index is 90.7. The molecular weight excluding hydrogens is 226 g/mol. The van der Waals surface area contributed by atoms with E-state index in [1.807, 2.05) is 0 Å². The maximum Gasteiger partial charge on any atom is 0.0781 e. The summed E-state index contributed by atoms with van der Waals surface area (Å²) in [5.74, 6) is 0. The van der Waals surface area contributed by atoms with Crippen LogP contribution in [0.4, 0.5) is 0 Å². The van der Waals surface area contributed by atoms with Gasteiger partial charge < -0.3 is 16.0 Å². The van der Waals surface area contributed by atoms with Crippen LogP contribution in [0.2, 0.25) is 0 Å². The number of nitrogens with zero attached hydrogens (tertiary/aromatic N) is 1. The molecule has 4 heteroatoms. The average Bonchev–Trinajstić information content (AvgIpc) is 2.30. The molecule has 0 amide bonds. The van der Waals surface area contributed by atoms with Crippen molar-refractivity contribution < 1.29 is 0 Å². The van der Waals surface area contributed by atoms with E-state index in [0.717, 1.165) is 13.1 Å². The van der Waals surface area contributed by atoms with E-state index in [2.05, 4.69) is 32.4 Å². The highest BCUT2D eigenvalue weighted by molar-refractivity contribution is 6.04. The summed E-state index contributed by atoms with van der Waals surface area (Å²) in [4.78, 5) is 0. The first-order valence-corrected chi connectivity index (χ1v) is 8.04. The van der Waals surface area contributed by atoms with Crippen molar-refractivity contribution in [3.63, 3.8) is 0 Å². The molecule has 0 unspecified atom stereocenters. The molecule has 0 aliphatic rings. The van der Waals surface area contributed by atoms with Crippen LogP contribution in [0, 0.1) is 0 Å². The molecule has 0 saturated carbocycles. The predicted molar refractivity (Wildman–Crippen MR) is 85.4 cm³/mol. The zero-order valence-electron chi connectivity index (χ0n) is 13.0. The number of rotatable bonds is 7. The van der Waals surface area contributed by atoms with Crippen molar-refractivity contribution in [1.29, 1.82) is 0 Å². The summed E-state index contributed by atoms with van der Waals surface area (Å²) in [7, 11) is 3.39.